The summed E-state index contributed by atoms with van der Waals surface area (Å²) in [7, 11) is -3.40. The predicted octanol–water partition coefficient (Wildman–Crippen LogP) is 1.52. The van der Waals surface area contributed by atoms with Gasteiger partial charge in [0.1, 0.15) is 0 Å². The van der Waals surface area contributed by atoms with E-state index in [0.717, 1.165) is 5.56 Å². The smallest absolute Gasteiger partial charge is 0.212 e. The van der Waals surface area contributed by atoms with Gasteiger partial charge in [0.05, 0.1) is 11.3 Å². The van der Waals surface area contributed by atoms with Crippen LogP contribution >= 0.6 is 0 Å². The van der Waals surface area contributed by atoms with E-state index in [1.54, 1.807) is 38.1 Å². The van der Waals surface area contributed by atoms with E-state index in [4.69, 9.17) is 6.42 Å². The quantitative estimate of drug-likeness (QED) is 0.807. The van der Waals surface area contributed by atoms with Crippen LogP contribution in [0.3, 0.4) is 0 Å². The van der Waals surface area contributed by atoms with Gasteiger partial charge in [-0.15, -0.1) is 6.42 Å². The maximum atomic E-state index is 11.8. The van der Waals surface area contributed by atoms with E-state index in [2.05, 4.69) is 10.6 Å². The summed E-state index contributed by atoms with van der Waals surface area (Å²) in [6.07, 6.45) is 5.23. The fourth-order valence-electron chi connectivity index (χ4n) is 1.25. The largest absolute Gasteiger partial charge is 0.217 e. The third-order valence-corrected chi connectivity index (χ3v) is 3.51. The average molecular weight is 237 g/mol. The van der Waals surface area contributed by atoms with E-state index < -0.39 is 15.6 Å². The average Bonchev–Trinajstić information content (AvgIpc) is 2.17. The van der Waals surface area contributed by atoms with Crippen molar-refractivity contribution >= 4 is 10.0 Å². The zero-order valence-electron chi connectivity index (χ0n) is 9.40. The summed E-state index contributed by atoms with van der Waals surface area (Å²) in [6.45, 7) is 3.30. The topological polar surface area (TPSA) is 46.2 Å². The van der Waals surface area contributed by atoms with Crippen LogP contribution < -0.4 is 4.72 Å². The molecule has 0 bridgehead atoms. The first kappa shape index (κ1) is 12.8. The van der Waals surface area contributed by atoms with Gasteiger partial charge in [-0.25, -0.2) is 8.42 Å². The molecule has 0 radical (unpaired) electrons. The van der Waals surface area contributed by atoms with E-state index >= 15 is 0 Å². The first-order valence-electron chi connectivity index (χ1n) is 4.88. The van der Waals surface area contributed by atoms with Crippen LogP contribution in [0.5, 0.6) is 0 Å². The van der Waals surface area contributed by atoms with Gasteiger partial charge in [0.2, 0.25) is 10.0 Å². The third kappa shape index (κ3) is 4.05. The van der Waals surface area contributed by atoms with E-state index in [1.165, 1.54) is 0 Å². The summed E-state index contributed by atoms with van der Waals surface area (Å²) >= 11 is 0. The second kappa shape index (κ2) is 4.69. The molecule has 1 rings (SSSR count). The highest BCUT2D eigenvalue weighted by Gasteiger charge is 2.22. The van der Waals surface area contributed by atoms with Gasteiger partial charge >= 0.3 is 0 Å². The SMILES string of the molecule is C#CC(C)(C)NS(=O)(=O)Cc1ccccc1. The monoisotopic (exact) mass is 237 g/mol. The Labute approximate surface area is 96.9 Å². The molecular weight excluding hydrogens is 222 g/mol. The fraction of sp³-hybridized carbons (Fsp3) is 0.333. The van der Waals surface area contributed by atoms with Gasteiger partial charge in [-0.05, 0) is 19.4 Å². The molecule has 0 aliphatic heterocycles. The summed E-state index contributed by atoms with van der Waals surface area (Å²) < 4.78 is 26.0. The molecule has 0 atom stereocenters. The summed E-state index contributed by atoms with van der Waals surface area (Å²) in [5, 5.41) is 0. The lowest BCUT2D eigenvalue weighted by atomic mass is 10.1. The van der Waals surface area contributed by atoms with Gasteiger partial charge in [0.15, 0.2) is 0 Å². The highest BCUT2D eigenvalue weighted by molar-refractivity contribution is 7.88. The first-order chi connectivity index (χ1) is 7.35. The molecule has 0 aliphatic carbocycles. The van der Waals surface area contributed by atoms with E-state index in [0.29, 0.717) is 0 Å². The Morgan fingerprint density at radius 2 is 1.88 bits per heavy atom. The van der Waals surface area contributed by atoms with Crippen molar-refractivity contribution in [3.05, 3.63) is 35.9 Å². The molecule has 0 unspecified atom stereocenters. The van der Waals surface area contributed by atoms with Gasteiger partial charge < -0.3 is 0 Å². The molecule has 0 saturated heterocycles. The Bertz CT molecular complexity index is 484. The maximum Gasteiger partial charge on any atom is 0.217 e. The molecule has 86 valence electrons. The minimum absolute atomic E-state index is 0.0566. The molecule has 0 aliphatic rings. The molecule has 0 spiro atoms. The normalized spacial score (nSPS) is 12.1. The minimum Gasteiger partial charge on any atom is -0.212 e. The van der Waals surface area contributed by atoms with Crippen LogP contribution in [0.4, 0.5) is 0 Å². The Balaban J connectivity index is 2.79. The van der Waals surface area contributed by atoms with Crippen LogP contribution in [0.25, 0.3) is 0 Å². The summed E-state index contributed by atoms with van der Waals surface area (Å²) in [6, 6.07) is 8.98. The molecule has 0 fully saturated rings. The molecule has 0 saturated carbocycles. The van der Waals surface area contributed by atoms with Gasteiger partial charge in [0, 0.05) is 0 Å². The zero-order valence-corrected chi connectivity index (χ0v) is 10.2. The Kier molecular flexibility index (Phi) is 3.74. The molecule has 0 aromatic heterocycles. The highest BCUT2D eigenvalue weighted by atomic mass is 32.2. The second-order valence-corrected chi connectivity index (χ2v) is 5.84. The van der Waals surface area contributed by atoms with Crippen LogP contribution in [0.2, 0.25) is 0 Å². The van der Waals surface area contributed by atoms with Crippen molar-refractivity contribution < 1.29 is 8.42 Å². The van der Waals surface area contributed by atoms with Crippen molar-refractivity contribution in [1.29, 1.82) is 0 Å². The van der Waals surface area contributed by atoms with Gasteiger partial charge in [-0.2, -0.15) is 4.72 Å². The molecule has 1 aromatic rings. The fourth-order valence-corrected chi connectivity index (χ4v) is 2.79. The summed E-state index contributed by atoms with van der Waals surface area (Å²) in [5.41, 5.74) is -0.115. The number of hydrogen-bond acceptors (Lipinski definition) is 2. The number of hydrogen-bond donors (Lipinski definition) is 1. The summed E-state index contributed by atoms with van der Waals surface area (Å²) in [5.74, 6) is 2.34. The van der Waals surface area contributed by atoms with Crippen molar-refractivity contribution in [3.8, 4) is 12.3 Å². The molecule has 0 heterocycles. The Hall–Kier alpha value is -1.31. The van der Waals surface area contributed by atoms with Gasteiger partial charge in [-0.1, -0.05) is 36.3 Å². The lowest BCUT2D eigenvalue weighted by Crippen LogP contribution is -2.42. The number of nitrogens with one attached hydrogen (secondary N) is 1. The highest BCUT2D eigenvalue weighted by Crippen LogP contribution is 2.08. The van der Waals surface area contributed by atoms with E-state index in [9.17, 15) is 8.42 Å². The predicted molar refractivity (Wildman–Crippen MR) is 65.1 cm³/mol. The van der Waals surface area contributed by atoms with Crippen molar-refractivity contribution in [1.82, 2.24) is 4.72 Å². The summed E-state index contributed by atoms with van der Waals surface area (Å²) in [4.78, 5) is 0. The van der Waals surface area contributed by atoms with E-state index in [1.807, 2.05) is 6.07 Å². The van der Waals surface area contributed by atoms with Crippen molar-refractivity contribution in [2.75, 3.05) is 0 Å². The zero-order chi connectivity index (χ0) is 12.2. The Morgan fingerprint density at radius 3 is 2.38 bits per heavy atom. The van der Waals surface area contributed by atoms with E-state index in [-0.39, 0.29) is 5.75 Å². The van der Waals surface area contributed by atoms with Crippen LogP contribution in [0, 0.1) is 12.3 Å². The van der Waals surface area contributed by atoms with Gasteiger partial charge in [0.25, 0.3) is 0 Å². The van der Waals surface area contributed by atoms with Gasteiger partial charge in [-0.3, -0.25) is 0 Å². The number of terminal acetylenes is 1. The molecule has 3 nitrogen and oxygen atoms in total. The molecule has 0 amide bonds. The third-order valence-electron chi connectivity index (χ3n) is 1.97. The van der Waals surface area contributed by atoms with Crippen molar-refractivity contribution in [2.24, 2.45) is 0 Å². The van der Waals surface area contributed by atoms with Crippen LogP contribution in [0.15, 0.2) is 30.3 Å². The molecule has 1 N–H and O–H groups in total. The first-order valence-corrected chi connectivity index (χ1v) is 6.53. The lowest BCUT2D eigenvalue weighted by Gasteiger charge is -2.19. The molecule has 1 aromatic carbocycles. The van der Waals surface area contributed by atoms with Crippen molar-refractivity contribution in [2.45, 2.75) is 25.1 Å². The maximum absolute atomic E-state index is 11.8. The van der Waals surface area contributed by atoms with Crippen LogP contribution in [0.1, 0.15) is 19.4 Å². The number of benzene rings is 1. The second-order valence-electron chi connectivity index (χ2n) is 4.12. The lowest BCUT2D eigenvalue weighted by molar-refractivity contribution is 0.538. The molecular formula is C12H15NO2S. The van der Waals surface area contributed by atoms with Crippen LogP contribution in [-0.4, -0.2) is 14.0 Å². The van der Waals surface area contributed by atoms with Crippen molar-refractivity contribution in [3.63, 3.8) is 0 Å². The number of sulfonamides is 1. The minimum atomic E-state index is -3.40. The molecule has 16 heavy (non-hydrogen) atoms. The van der Waals surface area contributed by atoms with Crippen LogP contribution in [-0.2, 0) is 15.8 Å². The standard InChI is InChI=1S/C12H15NO2S/c1-4-12(2,3)13-16(14,15)10-11-8-6-5-7-9-11/h1,5-9,13H,10H2,2-3H3. The molecule has 4 heteroatoms. The Morgan fingerprint density at radius 1 is 1.31 bits per heavy atom. The number of rotatable bonds is 4.